The van der Waals surface area contributed by atoms with Crippen molar-refractivity contribution in [1.82, 2.24) is 9.55 Å². The van der Waals surface area contributed by atoms with E-state index in [9.17, 15) is 0 Å². The Balaban J connectivity index is 2.38. The number of halogens is 1. The zero-order valence-electron chi connectivity index (χ0n) is 9.89. The van der Waals surface area contributed by atoms with Gasteiger partial charge in [0, 0.05) is 4.47 Å². The number of para-hydroxylation sites is 2. The monoisotopic (exact) mass is 301 g/mol. The molecule has 3 nitrogen and oxygen atoms in total. The minimum absolute atomic E-state index is 0.502. The first-order valence-corrected chi connectivity index (χ1v) is 6.46. The lowest BCUT2D eigenvalue weighted by atomic mass is 10.2. The first kappa shape index (κ1) is 11.3. The van der Waals surface area contributed by atoms with E-state index < -0.39 is 0 Å². The summed E-state index contributed by atoms with van der Waals surface area (Å²) >= 11 is 3.62. The van der Waals surface area contributed by atoms with Gasteiger partial charge in [-0.2, -0.15) is 0 Å². The smallest absolute Gasteiger partial charge is 0.205 e. The van der Waals surface area contributed by atoms with Crippen LogP contribution in [0.3, 0.4) is 0 Å². The highest BCUT2D eigenvalue weighted by atomic mass is 79.9. The van der Waals surface area contributed by atoms with Gasteiger partial charge in [-0.05, 0) is 46.6 Å². The number of anilines is 1. The lowest BCUT2D eigenvalue weighted by molar-refractivity contribution is 1.09. The van der Waals surface area contributed by atoms with Crippen molar-refractivity contribution in [2.45, 2.75) is 6.92 Å². The number of benzene rings is 2. The first-order valence-electron chi connectivity index (χ1n) is 5.67. The molecule has 90 valence electrons. The van der Waals surface area contributed by atoms with E-state index in [-0.39, 0.29) is 0 Å². The van der Waals surface area contributed by atoms with Gasteiger partial charge in [0.1, 0.15) is 0 Å². The van der Waals surface area contributed by atoms with Gasteiger partial charge in [-0.3, -0.25) is 4.57 Å². The molecule has 0 fully saturated rings. The Kier molecular flexibility index (Phi) is 2.59. The van der Waals surface area contributed by atoms with Crippen molar-refractivity contribution >= 4 is 32.9 Å². The number of nitrogens with zero attached hydrogens (tertiary/aromatic N) is 2. The third-order valence-corrected chi connectivity index (χ3v) is 4.03. The summed E-state index contributed by atoms with van der Waals surface area (Å²) in [5, 5.41) is 0. The van der Waals surface area contributed by atoms with Crippen molar-refractivity contribution in [1.29, 1.82) is 0 Å². The van der Waals surface area contributed by atoms with Gasteiger partial charge in [-0.25, -0.2) is 4.98 Å². The molecule has 0 atom stereocenters. The maximum Gasteiger partial charge on any atom is 0.205 e. The van der Waals surface area contributed by atoms with Gasteiger partial charge >= 0.3 is 0 Å². The van der Waals surface area contributed by atoms with Gasteiger partial charge in [0.25, 0.3) is 0 Å². The van der Waals surface area contributed by atoms with Crippen LogP contribution in [0.5, 0.6) is 0 Å². The van der Waals surface area contributed by atoms with Gasteiger partial charge in [0.2, 0.25) is 5.95 Å². The van der Waals surface area contributed by atoms with Crippen molar-refractivity contribution in [2.24, 2.45) is 0 Å². The molecule has 0 radical (unpaired) electrons. The summed E-state index contributed by atoms with van der Waals surface area (Å²) in [6, 6.07) is 14.0. The van der Waals surface area contributed by atoms with E-state index in [1.165, 1.54) is 5.56 Å². The van der Waals surface area contributed by atoms with E-state index in [0.717, 1.165) is 21.2 Å². The van der Waals surface area contributed by atoms with Crippen molar-refractivity contribution < 1.29 is 0 Å². The molecule has 2 aromatic carbocycles. The quantitative estimate of drug-likeness (QED) is 0.745. The Morgan fingerprint density at radius 1 is 1.11 bits per heavy atom. The molecule has 18 heavy (non-hydrogen) atoms. The summed E-state index contributed by atoms with van der Waals surface area (Å²) in [6.45, 7) is 2.06. The standard InChI is InChI=1S/C14H12BrN3/c1-9-5-4-8-12(13(9)15)18-11-7-3-2-6-10(11)17-14(18)16/h2-8H,1H3,(H2,16,17). The average molecular weight is 302 g/mol. The Labute approximate surface area is 113 Å². The van der Waals surface area contributed by atoms with E-state index in [0.29, 0.717) is 5.95 Å². The molecule has 0 bridgehead atoms. The minimum atomic E-state index is 0.502. The van der Waals surface area contributed by atoms with Crippen molar-refractivity contribution in [3.63, 3.8) is 0 Å². The van der Waals surface area contributed by atoms with Crippen LogP contribution in [0.25, 0.3) is 16.7 Å². The molecule has 0 spiro atoms. The molecule has 1 aromatic heterocycles. The molecule has 0 unspecified atom stereocenters. The van der Waals surface area contributed by atoms with Crippen LogP contribution in [0, 0.1) is 6.92 Å². The molecule has 3 rings (SSSR count). The van der Waals surface area contributed by atoms with Crippen LogP contribution in [0.15, 0.2) is 46.9 Å². The summed E-state index contributed by atoms with van der Waals surface area (Å²) in [5.41, 5.74) is 10.1. The number of nitrogen functional groups attached to an aromatic ring is 1. The van der Waals surface area contributed by atoms with Gasteiger partial charge in [0.15, 0.2) is 0 Å². The minimum Gasteiger partial charge on any atom is -0.369 e. The normalized spacial score (nSPS) is 11.0. The highest BCUT2D eigenvalue weighted by Crippen LogP contribution is 2.30. The fourth-order valence-corrected chi connectivity index (χ4v) is 2.54. The average Bonchev–Trinajstić information content (AvgIpc) is 2.69. The molecule has 3 aromatic rings. The molecule has 0 saturated heterocycles. The number of hydrogen-bond acceptors (Lipinski definition) is 2. The SMILES string of the molecule is Cc1cccc(-n2c(N)nc3ccccc32)c1Br. The van der Waals surface area contributed by atoms with E-state index in [1.54, 1.807) is 0 Å². The number of fused-ring (bicyclic) bond motifs is 1. The second-order valence-electron chi connectivity index (χ2n) is 4.20. The molecule has 0 saturated carbocycles. The molecule has 2 N–H and O–H groups in total. The van der Waals surface area contributed by atoms with E-state index >= 15 is 0 Å². The summed E-state index contributed by atoms with van der Waals surface area (Å²) < 4.78 is 3.01. The number of rotatable bonds is 1. The Morgan fingerprint density at radius 2 is 1.89 bits per heavy atom. The van der Waals surface area contributed by atoms with Gasteiger partial charge < -0.3 is 5.73 Å². The van der Waals surface area contributed by atoms with E-state index in [2.05, 4.69) is 33.9 Å². The van der Waals surface area contributed by atoms with Crippen LogP contribution < -0.4 is 5.73 Å². The lowest BCUT2D eigenvalue weighted by Gasteiger charge is -2.10. The number of hydrogen-bond donors (Lipinski definition) is 1. The zero-order chi connectivity index (χ0) is 12.7. The third-order valence-electron chi connectivity index (χ3n) is 3.00. The van der Waals surface area contributed by atoms with Crippen LogP contribution in [-0.2, 0) is 0 Å². The molecule has 1 heterocycles. The fraction of sp³-hybridized carbons (Fsp3) is 0.0714. The molecule has 0 amide bonds. The zero-order valence-corrected chi connectivity index (χ0v) is 11.5. The number of aryl methyl sites for hydroxylation is 1. The number of aromatic nitrogens is 2. The van der Waals surface area contributed by atoms with Crippen LogP contribution in [-0.4, -0.2) is 9.55 Å². The van der Waals surface area contributed by atoms with Crippen molar-refractivity contribution in [2.75, 3.05) is 5.73 Å². The second-order valence-corrected chi connectivity index (χ2v) is 5.00. The molecule has 4 heteroatoms. The van der Waals surface area contributed by atoms with Crippen LogP contribution in [0.4, 0.5) is 5.95 Å². The van der Waals surface area contributed by atoms with Crippen LogP contribution >= 0.6 is 15.9 Å². The van der Waals surface area contributed by atoms with Gasteiger partial charge in [-0.1, -0.05) is 24.3 Å². The molecule has 0 aliphatic rings. The van der Waals surface area contributed by atoms with Crippen molar-refractivity contribution in [3.8, 4) is 5.69 Å². The third kappa shape index (κ3) is 1.61. The second kappa shape index (κ2) is 4.14. The Bertz CT molecular complexity index is 731. The summed E-state index contributed by atoms with van der Waals surface area (Å²) in [6.07, 6.45) is 0. The van der Waals surface area contributed by atoms with Crippen molar-refractivity contribution in [3.05, 3.63) is 52.5 Å². The highest BCUT2D eigenvalue weighted by Gasteiger charge is 2.12. The highest BCUT2D eigenvalue weighted by molar-refractivity contribution is 9.10. The Morgan fingerprint density at radius 3 is 2.72 bits per heavy atom. The number of imidazole rings is 1. The predicted molar refractivity (Wildman–Crippen MR) is 77.9 cm³/mol. The fourth-order valence-electron chi connectivity index (χ4n) is 2.10. The predicted octanol–water partition coefficient (Wildman–Crippen LogP) is 3.68. The molecular weight excluding hydrogens is 290 g/mol. The maximum absolute atomic E-state index is 6.04. The molecule has 0 aliphatic carbocycles. The lowest BCUT2D eigenvalue weighted by Crippen LogP contribution is -2.01. The largest absolute Gasteiger partial charge is 0.369 e. The number of nitrogens with two attached hydrogens (primary N) is 1. The topological polar surface area (TPSA) is 43.8 Å². The first-order chi connectivity index (χ1) is 8.68. The van der Waals surface area contributed by atoms with Crippen LogP contribution in [0.1, 0.15) is 5.56 Å². The van der Waals surface area contributed by atoms with Gasteiger partial charge in [0.05, 0.1) is 16.7 Å². The molecular formula is C14H12BrN3. The molecule has 0 aliphatic heterocycles. The summed E-state index contributed by atoms with van der Waals surface area (Å²) in [4.78, 5) is 4.38. The maximum atomic E-state index is 6.04. The summed E-state index contributed by atoms with van der Waals surface area (Å²) in [5.74, 6) is 0.502. The van der Waals surface area contributed by atoms with E-state index in [1.807, 2.05) is 41.0 Å². The Hall–Kier alpha value is -1.81. The van der Waals surface area contributed by atoms with E-state index in [4.69, 9.17) is 5.73 Å². The van der Waals surface area contributed by atoms with Crippen LogP contribution in [0.2, 0.25) is 0 Å². The van der Waals surface area contributed by atoms with Gasteiger partial charge in [-0.15, -0.1) is 0 Å². The summed E-state index contributed by atoms with van der Waals surface area (Å²) in [7, 11) is 0.